The van der Waals surface area contributed by atoms with Crippen LogP contribution in [0.4, 0.5) is 0 Å². The van der Waals surface area contributed by atoms with Gasteiger partial charge in [0.1, 0.15) is 82.9 Å². The predicted molar refractivity (Wildman–Crippen MR) is 342 cm³/mol. The van der Waals surface area contributed by atoms with Crippen LogP contribution in [0.15, 0.2) is 93.6 Å². The number of aliphatic imine (C=N–C) groups is 1. The summed E-state index contributed by atoms with van der Waals surface area (Å²) in [5.41, 5.74) is -5.06. The first-order valence-electron chi connectivity index (χ1n) is 30.7. The molecule has 522 valence electrons. The monoisotopic (exact) mass is 1550 g/mol. The van der Waals surface area contributed by atoms with Crippen molar-refractivity contribution >= 4 is 91.4 Å². The van der Waals surface area contributed by atoms with E-state index >= 15 is 0 Å². The van der Waals surface area contributed by atoms with Gasteiger partial charge in [-0.3, -0.25) is 33.8 Å². The van der Waals surface area contributed by atoms with Gasteiger partial charge in [-0.1, -0.05) is 73.2 Å². The van der Waals surface area contributed by atoms with Crippen molar-refractivity contribution in [3.63, 3.8) is 0 Å². The molecule has 0 amide bonds. The third-order valence-corrected chi connectivity index (χ3v) is 14.3. The summed E-state index contributed by atoms with van der Waals surface area (Å²) in [6, 6.07) is 0. The second-order valence-electron chi connectivity index (χ2n) is 21.1. The summed E-state index contributed by atoms with van der Waals surface area (Å²) in [5, 5.41) is 0. The van der Waals surface area contributed by atoms with Crippen molar-refractivity contribution in [3.8, 4) is 0 Å². The zero-order chi connectivity index (χ0) is 72.2. The molecule has 1 saturated heterocycles. The molecular weight excluding hydrogens is 1450 g/mol. The molecule has 0 spiro atoms. The molecule has 0 aromatic carbocycles. The fraction of sp³-hybridized carbons (Fsp3) is 0.576. The van der Waals surface area contributed by atoms with Crippen LogP contribution in [0.3, 0.4) is 0 Å². The molecule has 1 fully saturated rings. The van der Waals surface area contributed by atoms with Crippen molar-refractivity contribution in [1.82, 2.24) is 4.90 Å². The third-order valence-electron chi connectivity index (χ3n) is 14.3. The molecule has 2 radical (unpaired) electrons. The minimum Gasteiger partial charge on any atom is -0.466 e. The van der Waals surface area contributed by atoms with Crippen LogP contribution in [0, 0.1) is 52.8 Å². The zero-order valence-electron chi connectivity index (χ0n) is 56.9. The zero-order valence-corrected chi connectivity index (χ0v) is 60.0. The number of ether oxygens (including phenoxy) is 11. The van der Waals surface area contributed by atoms with E-state index in [2.05, 4.69) is 69.1 Å². The van der Waals surface area contributed by atoms with Crippen molar-refractivity contribution in [2.45, 2.75) is 132 Å². The Morgan fingerprint density at radius 2 is 0.755 bits per heavy atom. The van der Waals surface area contributed by atoms with E-state index in [9.17, 15) is 62.3 Å². The molecule has 26 nitrogen and oxygen atoms in total. The number of carbonyl (C=O) groups is 13. The van der Waals surface area contributed by atoms with Crippen molar-refractivity contribution in [3.05, 3.63) is 88.6 Å². The fourth-order valence-corrected chi connectivity index (χ4v) is 7.97. The molecule has 2 aliphatic heterocycles. The smallest absolute Gasteiger partial charge is 0.330 e. The van der Waals surface area contributed by atoms with Gasteiger partial charge in [-0.05, 0) is 80.4 Å². The van der Waals surface area contributed by atoms with Crippen molar-refractivity contribution < 1.29 is 146 Å². The molecule has 94 heavy (non-hydrogen) atoms. The largest absolute Gasteiger partial charge is 0.466 e. The third kappa shape index (κ3) is 39.1. The molecule has 0 unspecified atom stereocenters. The summed E-state index contributed by atoms with van der Waals surface area (Å²) in [6.07, 6.45) is 12.6. The summed E-state index contributed by atoms with van der Waals surface area (Å²) in [6.45, 7) is 35.8. The number of carbonyl (C=O) groups excluding carboxylic acids is 13. The average Bonchev–Trinajstić information content (AvgIpc) is 1.15. The van der Waals surface area contributed by atoms with Gasteiger partial charge in [-0.15, -0.1) is 0 Å². The number of esters is 11. The van der Waals surface area contributed by atoms with Gasteiger partial charge < -0.3 is 57.0 Å². The Balaban J connectivity index is -0.000000752. The Morgan fingerprint density at radius 1 is 0.447 bits per heavy atom. The molecule has 0 saturated carbocycles. The average molecular weight is 1550 g/mol. The fourth-order valence-electron chi connectivity index (χ4n) is 7.97. The van der Waals surface area contributed by atoms with Crippen LogP contribution in [-0.4, -0.2) is 190 Å². The van der Waals surface area contributed by atoms with Gasteiger partial charge in [0.2, 0.25) is 0 Å². The quantitative estimate of drug-likeness (QED) is 0.0205. The first-order chi connectivity index (χ1) is 44.6. The van der Waals surface area contributed by atoms with Gasteiger partial charge in [0.15, 0.2) is 0 Å². The number of rotatable bonds is 40. The van der Waals surface area contributed by atoms with E-state index in [-0.39, 0.29) is 122 Å². The van der Waals surface area contributed by atoms with Crippen molar-refractivity contribution in [2.75, 3.05) is 92.3 Å². The molecular formula is C66H97BN2O24U. The SMILES string of the molecule is C1CCC2=NCCCN2CC1.C=CC(=O)OCC(CC)(COC(=O)C=C)COC(=O)C=C.C=CC(=O)OCC(CC)(COC(=O)C=C)COC(=O)CCC(CCC(=O)OCC(CC)(COC(=O)C=C)COC(=O)C=C)(C(C)=O)C(=O)OCC.CCOC(=O)CC(C)=O.[2H][B].[U]. The van der Waals surface area contributed by atoms with Crippen LogP contribution >= 0.6 is 0 Å². The van der Waals surface area contributed by atoms with E-state index in [0.29, 0.717) is 13.0 Å². The summed E-state index contributed by atoms with van der Waals surface area (Å²) in [4.78, 5) is 160. The van der Waals surface area contributed by atoms with Crippen molar-refractivity contribution in [1.29, 1.82) is 1.34 Å². The maximum absolute atomic E-state index is 13.2. The molecule has 0 aliphatic carbocycles. The Bertz CT molecular complexity index is 2400. The van der Waals surface area contributed by atoms with Gasteiger partial charge >= 0.3 is 65.7 Å². The predicted octanol–water partition coefficient (Wildman–Crippen LogP) is 6.60. The van der Waals surface area contributed by atoms with Crippen LogP contribution in [0.2, 0.25) is 0 Å². The summed E-state index contributed by atoms with van der Waals surface area (Å²) >= 11 is 0. The molecule has 0 bridgehead atoms. The minimum absolute atomic E-state index is 0. The van der Waals surface area contributed by atoms with Crippen LogP contribution in [0.1, 0.15) is 132 Å². The van der Waals surface area contributed by atoms with Gasteiger partial charge in [-0.2, -0.15) is 0 Å². The number of hydrogen-bond donors (Lipinski definition) is 0. The topological polar surface area (TPSA) is 339 Å². The normalized spacial score (nSPS) is 12.2. The van der Waals surface area contributed by atoms with E-state index in [1.165, 1.54) is 64.9 Å². The molecule has 0 N–H and O–H groups in total. The minimum atomic E-state index is -1.93. The van der Waals surface area contributed by atoms with E-state index in [0.717, 1.165) is 56.0 Å². The Morgan fingerprint density at radius 3 is 1.03 bits per heavy atom. The number of nitrogens with zero attached hydrogens (tertiary/aromatic N) is 2. The summed E-state index contributed by atoms with van der Waals surface area (Å²) < 4.78 is 61.3. The number of Topliss-reactive ketones (excluding diaryl/α,β-unsaturated/α-hetero) is 2. The second kappa shape index (κ2) is 52.6. The second-order valence-corrected chi connectivity index (χ2v) is 21.1. The maximum atomic E-state index is 13.2. The van der Waals surface area contributed by atoms with E-state index in [4.69, 9.17) is 48.7 Å². The molecule has 2 rings (SSSR count). The maximum Gasteiger partial charge on any atom is 0.330 e. The number of amidine groups is 1. The first-order valence-corrected chi connectivity index (χ1v) is 30.1. The Labute approximate surface area is 579 Å². The van der Waals surface area contributed by atoms with Gasteiger partial charge in [0.05, 0.1) is 35.3 Å². The van der Waals surface area contributed by atoms with Gasteiger partial charge in [0.25, 0.3) is 0 Å². The molecule has 2 heterocycles. The summed E-state index contributed by atoms with van der Waals surface area (Å²) in [5.74, 6) is -7.35. The van der Waals surface area contributed by atoms with Crippen LogP contribution in [0.25, 0.3) is 0 Å². The number of hydrogen-bond acceptors (Lipinski definition) is 26. The molecule has 2 aliphatic rings. The van der Waals surface area contributed by atoms with Crippen LogP contribution in [-0.2, 0) is 114 Å². The molecule has 0 aromatic rings. The first kappa shape index (κ1) is 90.5. The van der Waals surface area contributed by atoms with Crippen molar-refractivity contribution in [2.24, 2.45) is 26.7 Å². The Hall–Kier alpha value is -7.72. The standard InChI is InChI=1S/C36H50O15.C15H20O6.C9H16N2.C6H10O3.BH.U/c1-9-27(38)46-20-34(13-5,21-47-28(39)10-2)24-50-31(42)16-18-36(26(8)37,33(44)45-15-7)19-17-32(43)51-25-35(14-6,22-48-29(40)11-3)23-49-30(41)12-4;1-5-12(16)19-9-15(8-4,10-20-13(17)6-2)11-21-14(18)7-3;1-2-5-9-10-6-4-8-11(9)7-3-1;1-3-9-6(8)4-5(2)7;;/h9-12H,1-4,13-25H2,5-8H3;5-7H,1-3,8-11H2,4H3;1-8H2;3-4H2,1-2H3;1H;/i;;;;1D;. The molecule has 28 heteroatoms. The van der Waals surface area contributed by atoms with Crippen LogP contribution < -0.4 is 0 Å². The van der Waals surface area contributed by atoms with Gasteiger partial charge in [-0.25, -0.2) is 33.6 Å². The molecule has 0 aromatic heterocycles. The number of fused-ring (bicyclic) bond motifs is 1. The van der Waals surface area contributed by atoms with Crippen LogP contribution in [0.5, 0.6) is 0 Å². The van der Waals surface area contributed by atoms with E-state index < -0.39 is 119 Å². The summed E-state index contributed by atoms with van der Waals surface area (Å²) in [7, 11) is 3.75. The number of ketones is 2. The van der Waals surface area contributed by atoms with E-state index in [1.54, 1.807) is 27.7 Å². The molecule has 0 atom stereocenters. The van der Waals surface area contributed by atoms with E-state index in [1.807, 2.05) is 0 Å². The van der Waals surface area contributed by atoms with Gasteiger partial charge in [0, 0.05) is 121 Å². The Kier molecular flexibility index (Phi) is 50.7.